The van der Waals surface area contributed by atoms with Gasteiger partial charge in [-0.3, -0.25) is 0 Å². The number of nitrogens with two attached hydrogens (primary N) is 1. The number of pyridine rings is 1. The van der Waals surface area contributed by atoms with Crippen LogP contribution in [0.5, 0.6) is 0 Å². The molecule has 0 bridgehead atoms. The third-order valence-corrected chi connectivity index (χ3v) is 5.08. The van der Waals surface area contributed by atoms with Crippen LogP contribution in [-0.4, -0.2) is 18.1 Å². The highest BCUT2D eigenvalue weighted by atomic mass is 15.2. The Morgan fingerprint density at radius 1 is 1.10 bits per heavy atom. The number of nitrogen functional groups attached to an aromatic ring is 1. The van der Waals surface area contributed by atoms with Crippen molar-refractivity contribution in [1.82, 2.24) is 4.98 Å². The zero-order valence-corrected chi connectivity index (χ0v) is 16.9. The van der Waals surface area contributed by atoms with E-state index in [-0.39, 0.29) is 11.4 Å². The number of nitrogens with zero attached hydrogens (tertiary/aromatic N) is 4. The van der Waals surface area contributed by atoms with Crippen LogP contribution in [0.25, 0.3) is 16.7 Å². The van der Waals surface area contributed by atoms with Crippen LogP contribution in [0.2, 0.25) is 0 Å². The molecule has 2 aromatic rings. The number of hydrogen-bond donors (Lipinski definition) is 1. The third-order valence-electron chi connectivity index (χ3n) is 5.08. The first-order valence-corrected chi connectivity index (χ1v) is 10.0. The lowest BCUT2D eigenvalue weighted by atomic mass is 9.92. The number of rotatable bonds is 6. The molecule has 1 aliphatic rings. The fourth-order valence-electron chi connectivity index (χ4n) is 3.69. The Morgan fingerprint density at radius 3 is 2.48 bits per heavy atom. The maximum atomic E-state index is 10.0. The molecule has 0 radical (unpaired) electrons. The fraction of sp³-hybridized carbons (Fsp3) is 0.292. The summed E-state index contributed by atoms with van der Waals surface area (Å²) in [5, 5.41) is 19.8. The quantitative estimate of drug-likeness (QED) is 0.754. The van der Waals surface area contributed by atoms with Crippen molar-refractivity contribution in [2.75, 3.05) is 23.7 Å². The van der Waals surface area contributed by atoms with Crippen LogP contribution < -0.4 is 10.6 Å². The number of nitriles is 2. The fourth-order valence-corrected chi connectivity index (χ4v) is 3.69. The van der Waals surface area contributed by atoms with Crippen molar-refractivity contribution in [3.8, 4) is 23.3 Å². The number of benzene rings is 1. The Balaban J connectivity index is 2.25. The van der Waals surface area contributed by atoms with Crippen molar-refractivity contribution in [3.63, 3.8) is 0 Å². The van der Waals surface area contributed by atoms with E-state index in [0.29, 0.717) is 23.5 Å². The van der Waals surface area contributed by atoms with Crippen LogP contribution in [0.3, 0.4) is 0 Å². The number of aromatic nitrogens is 1. The van der Waals surface area contributed by atoms with Gasteiger partial charge in [-0.25, -0.2) is 4.98 Å². The minimum Gasteiger partial charge on any atom is -0.383 e. The molecule has 0 saturated carbocycles. The first-order valence-electron chi connectivity index (χ1n) is 10.0. The zero-order chi connectivity index (χ0) is 20.8. The van der Waals surface area contributed by atoms with Crippen molar-refractivity contribution in [2.45, 2.75) is 33.1 Å². The molecule has 5 heteroatoms. The number of anilines is 2. The Labute approximate surface area is 172 Å². The lowest BCUT2D eigenvalue weighted by Crippen LogP contribution is -2.26. The van der Waals surface area contributed by atoms with Crippen LogP contribution in [0.15, 0.2) is 42.5 Å². The van der Waals surface area contributed by atoms with Gasteiger partial charge in [-0.1, -0.05) is 43.4 Å². The Morgan fingerprint density at radius 2 is 1.86 bits per heavy atom. The second-order valence-corrected chi connectivity index (χ2v) is 6.97. The Bertz CT molecular complexity index is 1050. The molecule has 5 nitrogen and oxygen atoms in total. The van der Waals surface area contributed by atoms with Gasteiger partial charge in [0, 0.05) is 18.7 Å². The maximum absolute atomic E-state index is 10.0. The van der Waals surface area contributed by atoms with Gasteiger partial charge < -0.3 is 10.6 Å². The van der Waals surface area contributed by atoms with Gasteiger partial charge in [0.1, 0.15) is 34.9 Å². The van der Waals surface area contributed by atoms with Crippen LogP contribution in [0.4, 0.5) is 11.6 Å². The lowest BCUT2D eigenvalue weighted by molar-refractivity contribution is 0.778. The van der Waals surface area contributed by atoms with E-state index < -0.39 is 0 Å². The highest BCUT2D eigenvalue weighted by Crippen LogP contribution is 2.36. The molecule has 1 aromatic carbocycles. The van der Waals surface area contributed by atoms with Gasteiger partial charge in [0.2, 0.25) is 0 Å². The van der Waals surface area contributed by atoms with E-state index in [1.165, 1.54) is 0 Å². The summed E-state index contributed by atoms with van der Waals surface area (Å²) in [7, 11) is 0. The molecule has 0 aliphatic heterocycles. The molecule has 146 valence electrons. The molecule has 0 saturated heterocycles. The SMILES string of the molecule is CCCN(CC)c1nc(N)c(C#N)c(-c2cccc(C3=CCCC=C3)c2)c1C#N. The molecule has 0 unspecified atom stereocenters. The van der Waals surface area contributed by atoms with Crippen molar-refractivity contribution >= 4 is 17.2 Å². The average molecular weight is 383 g/mol. The van der Waals surface area contributed by atoms with E-state index in [2.05, 4.69) is 42.3 Å². The highest BCUT2D eigenvalue weighted by molar-refractivity contribution is 5.87. The summed E-state index contributed by atoms with van der Waals surface area (Å²) in [6.45, 7) is 5.57. The second-order valence-electron chi connectivity index (χ2n) is 6.97. The summed E-state index contributed by atoms with van der Waals surface area (Å²) in [6.07, 6.45) is 9.47. The lowest BCUT2D eigenvalue weighted by Gasteiger charge is -2.24. The molecular formula is C24H25N5. The maximum Gasteiger partial charge on any atom is 0.149 e. The van der Waals surface area contributed by atoms with Gasteiger partial charge in [-0.2, -0.15) is 10.5 Å². The molecule has 1 aromatic heterocycles. The average Bonchev–Trinajstić information content (AvgIpc) is 2.77. The van der Waals surface area contributed by atoms with E-state index >= 15 is 0 Å². The first-order chi connectivity index (χ1) is 14.1. The van der Waals surface area contributed by atoms with Gasteiger partial charge >= 0.3 is 0 Å². The molecule has 3 rings (SSSR count). The van der Waals surface area contributed by atoms with E-state index in [1.807, 2.05) is 36.1 Å². The third kappa shape index (κ3) is 4.00. The number of hydrogen-bond acceptors (Lipinski definition) is 5. The van der Waals surface area contributed by atoms with Gasteiger partial charge in [0.05, 0.1) is 0 Å². The molecular weight excluding hydrogens is 358 g/mol. The van der Waals surface area contributed by atoms with Gasteiger partial charge in [0.25, 0.3) is 0 Å². The monoisotopic (exact) mass is 383 g/mol. The van der Waals surface area contributed by atoms with Crippen LogP contribution in [-0.2, 0) is 0 Å². The molecule has 0 fully saturated rings. The minimum atomic E-state index is 0.160. The van der Waals surface area contributed by atoms with Crippen LogP contribution in [0.1, 0.15) is 49.8 Å². The second kappa shape index (κ2) is 9.08. The summed E-state index contributed by atoms with van der Waals surface area (Å²) in [5.74, 6) is 0.707. The summed E-state index contributed by atoms with van der Waals surface area (Å²) in [4.78, 5) is 6.48. The van der Waals surface area contributed by atoms with Crippen molar-refractivity contribution in [2.24, 2.45) is 0 Å². The van der Waals surface area contributed by atoms with Gasteiger partial charge in [-0.05, 0) is 49.0 Å². The van der Waals surface area contributed by atoms with E-state index in [4.69, 9.17) is 5.73 Å². The van der Waals surface area contributed by atoms with Crippen molar-refractivity contribution in [3.05, 3.63) is 59.2 Å². The molecule has 2 N–H and O–H groups in total. The predicted octanol–water partition coefficient (Wildman–Crippen LogP) is 5.04. The van der Waals surface area contributed by atoms with Crippen molar-refractivity contribution in [1.29, 1.82) is 10.5 Å². The normalized spacial score (nSPS) is 12.8. The Hall–Kier alpha value is -3.57. The van der Waals surface area contributed by atoms with Gasteiger partial charge in [-0.15, -0.1) is 0 Å². The van der Waals surface area contributed by atoms with Crippen LogP contribution in [0, 0.1) is 22.7 Å². The summed E-state index contributed by atoms with van der Waals surface area (Å²) in [6, 6.07) is 12.4. The largest absolute Gasteiger partial charge is 0.383 e. The smallest absolute Gasteiger partial charge is 0.149 e. The molecule has 0 spiro atoms. The van der Waals surface area contributed by atoms with E-state index in [0.717, 1.165) is 42.5 Å². The van der Waals surface area contributed by atoms with E-state index in [9.17, 15) is 10.5 Å². The summed E-state index contributed by atoms with van der Waals surface area (Å²) >= 11 is 0. The zero-order valence-electron chi connectivity index (χ0n) is 16.9. The minimum absolute atomic E-state index is 0.160. The van der Waals surface area contributed by atoms with Crippen molar-refractivity contribution < 1.29 is 0 Å². The Kier molecular flexibility index (Phi) is 6.32. The molecule has 0 atom stereocenters. The molecule has 1 heterocycles. The predicted molar refractivity (Wildman–Crippen MR) is 118 cm³/mol. The van der Waals surface area contributed by atoms with E-state index in [1.54, 1.807) is 0 Å². The summed E-state index contributed by atoms with van der Waals surface area (Å²) < 4.78 is 0. The first kappa shape index (κ1) is 20.2. The topological polar surface area (TPSA) is 89.7 Å². The molecule has 1 aliphatic carbocycles. The van der Waals surface area contributed by atoms with Gasteiger partial charge in [0.15, 0.2) is 0 Å². The molecule has 0 amide bonds. The molecule has 29 heavy (non-hydrogen) atoms. The number of allylic oxidation sites excluding steroid dienone is 4. The van der Waals surface area contributed by atoms with Crippen LogP contribution >= 0.6 is 0 Å². The highest BCUT2D eigenvalue weighted by Gasteiger charge is 2.23. The standard InChI is InChI=1S/C24H25N5/c1-3-13-29(4-2)24-21(16-26)22(20(15-25)23(27)28-24)19-12-8-11-18(14-19)17-9-6-5-7-10-17/h6,8-12,14H,3-5,7,13H2,1-2H3,(H2,27,28). The summed E-state index contributed by atoms with van der Waals surface area (Å²) in [5.41, 5.74) is 10.4.